The molecule has 0 amide bonds. The Hall–Kier alpha value is -1.97. The number of hydrogen-bond acceptors (Lipinski definition) is 3. The number of carbonyl (C=O) groups is 1. The van der Waals surface area contributed by atoms with Crippen molar-refractivity contribution in [1.82, 2.24) is 4.90 Å². The van der Waals surface area contributed by atoms with Crippen LogP contribution in [0, 0.1) is 5.92 Å². The first kappa shape index (κ1) is 15.9. The van der Waals surface area contributed by atoms with Crippen molar-refractivity contribution in [1.29, 1.82) is 0 Å². The molecule has 23 heavy (non-hydrogen) atoms. The van der Waals surface area contributed by atoms with Crippen LogP contribution in [0.2, 0.25) is 0 Å². The van der Waals surface area contributed by atoms with E-state index in [0.29, 0.717) is 18.5 Å². The molecule has 1 N–H and O–H groups in total. The van der Waals surface area contributed by atoms with Crippen LogP contribution in [0.5, 0.6) is 0 Å². The molecule has 0 unspecified atom stereocenters. The third-order valence-corrected chi connectivity index (χ3v) is 4.92. The van der Waals surface area contributed by atoms with Crippen LogP contribution in [-0.2, 0) is 5.60 Å². The van der Waals surface area contributed by atoms with E-state index in [1.165, 1.54) is 0 Å². The van der Waals surface area contributed by atoms with Gasteiger partial charge in [-0.05, 0) is 18.5 Å². The largest absolute Gasteiger partial charge is 0.384 e. The molecule has 120 valence electrons. The summed E-state index contributed by atoms with van der Waals surface area (Å²) in [6, 6.07) is 18.9. The minimum absolute atomic E-state index is 0.0232. The van der Waals surface area contributed by atoms with Gasteiger partial charge in [0, 0.05) is 18.7 Å². The second-order valence-electron chi connectivity index (χ2n) is 6.22. The van der Waals surface area contributed by atoms with E-state index in [1.54, 1.807) is 0 Å². The van der Waals surface area contributed by atoms with Crippen LogP contribution in [0.15, 0.2) is 60.7 Å². The van der Waals surface area contributed by atoms with Crippen molar-refractivity contribution in [3.63, 3.8) is 0 Å². The van der Waals surface area contributed by atoms with Crippen molar-refractivity contribution < 1.29 is 9.90 Å². The number of nitrogens with zero attached hydrogens (tertiary/aromatic N) is 1. The number of hydrogen-bond donors (Lipinski definition) is 1. The molecule has 0 aromatic heterocycles. The highest BCUT2D eigenvalue weighted by Crippen LogP contribution is 2.39. The molecule has 3 heteroatoms. The van der Waals surface area contributed by atoms with Crippen molar-refractivity contribution in [2.45, 2.75) is 18.9 Å². The van der Waals surface area contributed by atoms with Crippen LogP contribution in [0.25, 0.3) is 0 Å². The second kappa shape index (κ2) is 6.65. The molecule has 2 aromatic carbocycles. The summed E-state index contributed by atoms with van der Waals surface area (Å²) in [5.74, 6) is -0.420. The third-order valence-electron chi connectivity index (χ3n) is 4.92. The maximum Gasteiger partial charge on any atom is 0.170 e. The Kier molecular flexibility index (Phi) is 4.60. The minimum atomic E-state index is -1.10. The van der Waals surface area contributed by atoms with Gasteiger partial charge in [-0.3, -0.25) is 4.79 Å². The monoisotopic (exact) mass is 309 g/mol. The van der Waals surface area contributed by atoms with Gasteiger partial charge in [-0.2, -0.15) is 0 Å². The summed E-state index contributed by atoms with van der Waals surface area (Å²) >= 11 is 0. The highest BCUT2D eigenvalue weighted by atomic mass is 16.3. The molecule has 1 fully saturated rings. The predicted molar refractivity (Wildman–Crippen MR) is 91.3 cm³/mol. The molecular formula is C20H23NO2. The van der Waals surface area contributed by atoms with Crippen LogP contribution < -0.4 is 0 Å². The van der Waals surface area contributed by atoms with Gasteiger partial charge in [-0.25, -0.2) is 0 Å². The molecule has 1 aliphatic rings. The van der Waals surface area contributed by atoms with Gasteiger partial charge in [0.15, 0.2) is 5.78 Å². The maximum atomic E-state index is 13.1. The Labute approximate surface area is 137 Å². The molecule has 0 radical (unpaired) electrons. The standard InChI is InChI=1S/C20H23NO2/c1-2-21-14-13-20(23,17-11-7-4-8-12-17)18(15-21)19(22)16-9-5-3-6-10-16/h3-12,18,23H,2,13-15H2,1H3/t18-,20-/m0/s1. The average molecular weight is 309 g/mol. The molecule has 3 nitrogen and oxygen atoms in total. The van der Waals surface area contributed by atoms with E-state index in [4.69, 9.17) is 0 Å². The minimum Gasteiger partial charge on any atom is -0.384 e. The fourth-order valence-corrected chi connectivity index (χ4v) is 3.47. The first-order valence-electron chi connectivity index (χ1n) is 8.24. The number of likely N-dealkylation sites (tertiary alicyclic amines) is 1. The van der Waals surface area contributed by atoms with Crippen molar-refractivity contribution in [3.05, 3.63) is 71.8 Å². The van der Waals surface area contributed by atoms with Crippen LogP contribution in [0.3, 0.4) is 0 Å². The van der Waals surface area contributed by atoms with Crippen LogP contribution in [0.4, 0.5) is 0 Å². The van der Waals surface area contributed by atoms with E-state index in [9.17, 15) is 9.90 Å². The average Bonchev–Trinajstić information content (AvgIpc) is 2.63. The number of benzene rings is 2. The quantitative estimate of drug-likeness (QED) is 0.882. The van der Waals surface area contributed by atoms with E-state index in [1.807, 2.05) is 60.7 Å². The number of Topliss-reactive ketones (excluding diaryl/α,β-unsaturated/α-hetero) is 1. The third kappa shape index (κ3) is 3.07. The number of rotatable bonds is 4. The lowest BCUT2D eigenvalue weighted by molar-refractivity contribution is -0.0631. The van der Waals surface area contributed by atoms with Gasteiger partial charge in [0.2, 0.25) is 0 Å². The summed E-state index contributed by atoms with van der Waals surface area (Å²) < 4.78 is 0. The van der Waals surface area contributed by atoms with E-state index < -0.39 is 11.5 Å². The molecule has 0 spiro atoms. The summed E-state index contributed by atoms with van der Waals surface area (Å²) in [7, 11) is 0. The zero-order chi connectivity index (χ0) is 16.3. The Balaban J connectivity index is 1.99. The Bertz CT molecular complexity index is 656. The van der Waals surface area contributed by atoms with Gasteiger partial charge in [0.05, 0.1) is 5.92 Å². The van der Waals surface area contributed by atoms with Crippen LogP contribution in [-0.4, -0.2) is 35.4 Å². The van der Waals surface area contributed by atoms with Crippen LogP contribution in [0.1, 0.15) is 29.3 Å². The summed E-state index contributed by atoms with van der Waals surface area (Å²) in [4.78, 5) is 15.3. The highest BCUT2D eigenvalue weighted by Gasteiger charge is 2.46. The molecule has 2 atom stereocenters. The molecule has 1 aliphatic heterocycles. The summed E-state index contributed by atoms with van der Waals surface area (Å²) in [6.07, 6.45) is 0.577. The van der Waals surface area contributed by atoms with Crippen molar-refractivity contribution in [2.24, 2.45) is 5.92 Å². The van der Waals surface area contributed by atoms with Crippen molar-refractivity contribution in [2.75, 3.05) is 19.6 Å². The predicted octanol–water partition coefficient (Wildman–Crippen LogP) is 3.10. The SMILES string of the molecule is CCN1CC[C@](O)(c2ccccc2)[C@H](C(=O)c2ccccc2)C1. The van der Waals surface area contributed by atoms with Gasteiger partial charge in [-0.1, -0.05) is 67.6 Å². The van der Waals surface area contributed by atoms with E-state index in [2.05, 4.69) is 11.8 Å². The highest BCUT2D eigenvalue weighted by molar-refractivity contribution is 5.98. The molecule has 1 saturated heterocycles. The molecule has 3 rings (SSSR count). The Morgan fingerprint density at radius 3 is 2.35 bits per heavy atom. The normalized spacial score (nSPS) is 25.2. The first-order valence-corrected chi connectivity index (χ1v) is 8.24. The number of aliphatic hydroxyl groups is 1. The number of ketones is 1. The molecule has 0 bridgehead atoms. The molecular weight excluding hydrogens is 286 g/mol. The summed E-state index contributed by atoms with van der Waals surface area (Å²) in [5, 5.41) is 11.4. The Morgan fingerprint density at radius 2 is 1.74 bits per heavy atom. The van der Waals surface area contributed by atoms with Crippen molar-refractivity contribution in [3.8, 4) is 0 Å². The molecule has 1 heterocycles. The topological polar surface area (TPSA) is 40.5 Å². The van der Waals surface area contributed by atoms with Gasteiger partial charge >= 0.3 is 0 Å². The summed E-state index contributed by atoms with van der Waals surface area (Å²) in [5.41, 5.74) is 0.412. The zero-order valence-electron chi connectivity index (χ0n) is 13.5. The van der Waals surface area contributed by atoms with Crippen LogP contribution >= 0.6 is 0 Å². The molecule has 0 saturated carbocycles. The van der Waals surface area contributed by atoms with Gasteiger partial charge in [-0.15, -0.1) is 0 Å². The number of carbonyl (C=O) groups excluding carboxylic acids is 1. The zero-order valence-corrected chi connectivity index (χ0v) is 13.5. The van der Waals surface area contributed by atoms with Gasteiger partial charge in [0.25, 0.3) is 0 Å². The second-order valence-corrected chi connectivity index (χ2v) is 6.22. The lowest BCUT2D eigenvalue weighted by atomic mass is 9.72. The lowest BCUT2D eigenvalue weighted by Gasteiger charge is -2.44. The first-order chi connectivity index (χ1) is 11.1. The van der Waals surface area contributed by atoms with E-state index in [-0.39, 0.29) is 5.78 Å². The molecule has 0 aliphatic carbocycles. The fourth-order valence-electron chi connectivity index (χ4n) is 3.47. The van der Waals surface area contributed by atoms with Crippen molar-refractivity contribution >= 4 is 5.78 Å². The van der Waals surface area contributed by atoms with Gasteiger partial charge < -0.3 is 10.0 Å². The van der Waals surface area contributed by atoms with Gasteiger partial charge in [0.1, 0.15) is 5.60 Å². The smallest absolute Gasteiger partial charge is 0.170 e. The summed E-state index contributed by atoms with van der Waals surface area (Å²) in [6.45, 7) is 4.39. The maximum absolute atomic E-state index is 13.1. The fraction of sp³-hybridized carbons (Fsp3) is 0.350. The number of piperidine rings is 1. The molecule has 2 aromatic rings. The lowest BCUT2D eigenvalue weighted by Crippen LogP contribution is -2.53. The Morgan fingerprint density at radius 1 is 1.13 bits per heavy atom. The van der Waals surface area contributed by atoms with E-state index in [0.717, 1.165) is 18.7 Å². The van der Waals surface area contributed by atoms with E-state index >= 15 is 0 Å².